The summed E-state index contributed by atoms with van der Waals surface area (Å²) >= 11 is 7.32. The summed E-state index contributed by atoms with van der Waals surface area (Å²) in [6.07, 6.45) is 5.01. The van der Waals surface area contributed by atoms with E-state index in [-0.39, 0.29) is 10.2 Å². The molecule has 8 heteroatoms. The summed E-state index contributed by atoms with van der Waals surface area (Å²) in [7, 11) is -3.62. The van der Waals surface area contributed by atoms with Crippen molar-refractivity contribution in [2.24, 2.45) is 11.8 Å². The predicted molar refractivity (Wildman–Crippen MR) is 79.8 cm³/mol. The Morgan fingerprint density at radius 2 is 2.35 bits per heavy atom. The van der Waals surface area contributed by atoms with Gasteiger partial charge >= 0.3 is 0 Å². The molecule has 1 aliphatic carbocycles. The number of nitrogens with one attached hydrogen (secondary N) is 1. The maximum absolute atomic E-state index is 12.4. The summed E-state index contributed by atoms with van der Waals surface area (Å²) in [6, 6.07) is 0. The van der Waals surface area contributed by atoms with Gasteiger partial charge in [-0.15, -0.1) is 11.3 Å². The minimum absolute atomic E-state index is 0.0316. The summed E-state index contributed by atoms with van der Waals surface area (Å²) < 4.78 is 29.0. The van der Waals surface area contributed by atoms with Crippen molar-refractivity contribution >= 4 is 37.9 Å². The van der Waals surface area contributed by atoms with E-state index in [0.29, 0.717) is 23.3 Å². The Balaban J connectivity index is 1.81. The fraction of sp³-hybridized carbons (Fsp3) is 0.583. The minimum atomic E-state index is -3.62. The van der Waals surface area contributed by atoms with Crippen LogP contribution in [0.15, 0.2) is 16.6 Å². The van der Waals surface area contributed by atoms with Crippen LogP contribution in [0, 0.1) is 11.8 Å². The molecule has 3 rings (SSSR count). The Morgan fingerprint density at radius 1 is 1.55 bits per heavy atom. The van der Waals surface area contributed by atoms with E-state index in [9.17, 15) is 8.42 Å². The molecule has 2 aromatic heterocycles. The number of sulfonamides is 1. The number of rotatable bonds is 4. The topological polar surface area (TPSA) is 63.5 Å². The highest BCUT2D eigenvalue weighted by Gasteiger charge is 2.27. The number of halogens is 1. The second-order valence-electron chi connectivity index (χ2n) is 5.40. The van der Waals surface area contributed by atoms with Crippen molar-refractivity contribution in [2.75, 3.05) is 6.54 Å². The van der Waals surface area contributed by atoms with Crippen LogP contribution in [0.4, 0.5) is 0 Å². The lowest BCUT2D eigenvalue weighted by Gasteiger charge is -2.11. The zero-order valence-electron chi connectivity index (χ0n) is 11.0. The van der Waals surface area contributed by atoms with Gasteiger partial charge in [0.15, 0.2) is 15.1 Å². The van der Waals surface area contributed by atoms with E-state index in [1.54, 1.807) is 11.6 Å². The second kappa shape index (κ2) is 5.29. The maximum atomic E-state index is 12.4. The van der Waals surface area contributed by atoms with Crippen LogP contribution in [-0.2, 0) is 10.0 Å². The van der Waals surface area contributed by atoms with E-state index in [1.165, 1.54) is 22.2 Å². The standard InChI is InChI=1S/C12H16ClN3O2S2/c1-8-2-3-9(6-8)7-14-20(17,18)11-10(13)15-12-16(11)4-5-19-12/h4-5,8-9,14H,2-3,6-7H2,1H3. The van der Waals surface area contributed by atoms with E-state index in [4.69, 9.17) is 11.6 Å². The SMILES string of the molecule is CC1CCC(CNS(=O)(=O)c2c(Cl)nc3sccn23)C1. The van der Waals surface area contributed by atoms with Crippen LogP contribution < -0.4 is 4.72 Å². The molecule has 20 heavy (non-hydrogen) atoms. The molecule has 110 valence electrons. The number of thiazole rings is 1. The summed E-state index contributed by atoms with van der Waals surface area (Å²) in [5.74, 6) is 1.11. The van der Waals surface area contributed by atoms with Gasteiger partial charge in [-0.1, -0.05) is 24.9 Å². The summed E-state index contributed by atoms with van der Waals surface area (Å²) in [4.78, 5) is 4.65. The first-order chi connectivity index (χ1) is 9.47. The van der Waals surface area contributed by atoms with Gasteiger partial charge in [0.05, 0.1) is 0 Å². The molecule has 1 saturated carbocycles. The number of imidazole rings is 1. The maximum Gasteiger partial charge on any atom is 0.259 e. The second-order valence-corrected chi connectivity index (χ2v) is 8.31. The van der Waals surface area contributed by atoms with Crippen LogP contribution in [0.5, 0.6) is 0 Å². The number of nitrogens with zero attached hydrogens (tertiary/aromatic N) is 2. The monoisotopic (exact) mass is 333 g/mol. The molecule has 2 aromatic rings. The molecule has 0 saturated heterocycles. The van der Waals surface area contributed by atoms with E-state index in [0.717, 1.165) is 12.8 Å². The Labute approximate surface area is 127 Å². The largest absolute Gasteiger partial charge is 0.279 e. The van der Waals surface area contributed by atoms with Gasteiger partial charge in [-0.25, -0.2) is 18.1 Å². The highest BCUT2D eigenvalue weighted by atomic mass is 35.5. The quantitative estimate of drug-likeness (QED) is 0.935. The fourth-order valence-electron chi connectivity index (χ4n) is 2.79. The Morgan fingerprint density at radius 3 is 3.05 bits per heavy atom. The molecule has 0 aliphatic heterocycles. The molecule has 5 nitrogen and oxygen atoms in total. The van der Waals surface area contributed by atoms with Gasteiger partial charge < -0.3 is 0 Å². The summed E-state index contributed by atoms with van der Waals surface area (Å²) in [6.45, 7) is 2.68. The molecule has 1 fully saturated rings. The summed E-state index contributed by atoms with van der Waals surface area (Å²) in [5.41, 5.74) is 0. The number of fused-ring (bicyclic) bond motifs is 1. The Kier molecular flexibility index (Phi) is 3.79. The van der Waals surface area contributed by atoms with Crippen LogP contribution in [0.1, 0.15) is 26.2 Å². The van der Waals surface area contributed by atoms with Crippen LogP contribution in [0.2, 0.25) is 5.15 Å². The van der Waals surface area contributed by atoms with Crippen LogP contribution >= 0.6 is 22.9 Å². The fourth-order valence-corrected chi connectivity index (χ4v) is 5.35. The van der Waals surface area contributed by atoms with E-state index < -0.39 is 10.0 Å². The molecule has 1 aliphatic rings. The third-order valence-electron chi connectivity index (χ3n) is 3.80. The molecule has 0 amide bonds. The average molecular weight is 334 g/mol. The van der Waals surface area contributed by atoms with Crippen molar-refractivity contribution in [1.29, 1.82) is 0 Å². The van der Waals surface area contributed by atoms with Gasteiger partial charge in [0.2, 0.25) is 0 Å². The van der Waals surface area contributed by atoms with Gasteiger partial charge in [0.1, 0.15) is 0 Å². The van der Waals surface area contributed by atoms with Crippen LogP contribution in [-0.4, -0.2) is 24.3 Å². The van der Waals surface area contributed by atoms with Crippen molar-refractivity contribution in [3.8, 4) is 0 Å². The van der Waals surface area contributed by atoms with E-state index in [2.05, 4.69) is 16.6 Å². The first-order valence-corrected chi connectivity index (χ1v) is 9.32. The highest BCUT2D eigenvalue weighted by Crippen LogP contribution is 2.30. The molecule has 0 radical (unpaired) electrons. The van der Waals surface area contributed by atoms with Gasteiger partial charge in [-0.05, 0) is 24.7 Å². The zero-order valence-corrected chi connectivity index (χ0v) is 13.4. The highest BCUT2D eigenvalue weighted by molar-refractivity contribution is 7.89. The first kappa shape index (κ1) is 14.3. The number of hydrogen-bond donors (Lipinski definition) is 1. The van der Waals surface area contributed by atoms with Gasteiger partial charge in [0, 0.05) is 18.1 Å². The molecule has 0 aromatic carbocycles. The number of hydrogen-bond acceptors (Lipinski definition) is 4. The molecular weight excluding hydrogens is 318 g/mol. The van der Waals surface area contributed by atoms with Gasteiger partial charge in [0.25, 0.3) is 10.0 Å². The Hall–Kier alpha value is -0.630. The summed E-state index contributed by atoms with van der Waals surface area (Å²) in [5, 5.41) is 1.86. The Bertz CT molecular complexity index is 722. The lowest BCUT2D eigenvalue weighted by atomic mass is 10.1. The zero-order chi connectivity index (χ0) is 14.3. The third kappa shape index (κ3) is 2.59. The lowest BCUT2D eigenvalue weighted by molar-refractivity contribution is 0.497. The van der Waals surface area contributed by atoms with Crippen molar-refractivity contribution in [3.63, 3.8) is 0 Å². The first-order valence-electron chi connectivity index (χ1n) is 6.58. The van der Waals surface area contributed by atoms with Gasteiger partial charge in [-0.2, -0.15) is 0 Å². The van der Waals surface area contributed by atoms with Crippen molar-refractivity contribution in [3.05, 3.63) is 16.7 Å². The average Bonchev–Trinajstić information content (AvgIpc) is 3.02. The molecule has 0 spiro atoms. The minimum Gasteiger partial charge on any atom is -0.279 e. The van der Waals surface area contributed by atoms with Crippen LogP contribution in [0.25, 0.3) is 4.96 Å². The smallest absolute Gasteiger partial charge is 0.259 e. The molecule has 1 N–H and O–H groups in total. The molecule has 2 heterocycles. The molecular formula is C12H16ClN3O2S2. The molecule has 2 atom stereocenters. The molecule has 2 unspecified atom stereocenters. The van der Waals surface area contributed by atoms with E-state index >= 15 is 0 Å². The van der Waals surface area contributed by atoms with Crippen LogP contribution in [0.3, 0.4) is 0 Å². The third-order valence-corrected chi connectivity index (χ3v) is 6.38. The van der Waals surface area contributed by atoms with Gasteiger partial charge in [-0.3, -0.25) is 4.40 Å². The van der Waals surface area contributed by atoms with Crippen molar-refractivity contribution in [2.45, 2.75) is 31.2 Å². The normalized spacial score (nSPS) is 23.7. The predicted octanol–water partition coefficient (Wildman–Crippen LogP) is 2.76. The van der Waals surface area contributed by atoms with E-state index in [1.807, 2.05) is 0 Å². The lowest BCUT2D eigenvalue weighted by Crippen LogP contribution is -2.29. The van der Waals surface area contributed by atoms with Crippen molar-refractivity contribution in [1.82, 2.24) is 14.1 Å². The number of aromatic nitrogens is 2. The van der Waals surface area contributed by atoms with Crippen molar-refractivity contribution < 1.29 is 8.42 Å². The molecule has 0 bridgehead atoms.